The molecule has 0 spiro atoms. The van der Waals surface area contributed by atoms with Crippen LogP contribution in [0.25, 0.3) is 0 Å². The number of carbonyl (C=O) groups is 1. The first-order valence-electron chi connectivity index (χ1n) is 7.28. The molecule has 1 heterocycles. The van der Waals surface area contributed by atoms with Gasteiger partial charge < -0.3 is 10.2 Å². The second-order valence-electron chi connectivity index (χ2n) is 5.74. The molecule has 2 aromatic rings. The Labute approximate surface area is 125 Å². The topological polar surface area (TPSA) is 32.3 Å². The van der Waals surface area contributed by atoms with Gasteiger partial charge >= 0.3 is 0 Å². The molecule has 1 unspecified atom stereocenters. The van der Waals surface area contributed by atoms with Crippen molar-refractivity contribution in [2.24, 2.45) is 0 Å². The number of anilines is 1. The zero-order valence-corrected chi connectivity index (χ0v) is 12.5. The van der Waals surface area contributed by atoms with Crippen molar-refractivity contribution in [3.05, 3.63) is 65.2 Å². The summed E-state index contributed by atoms with van der Waals surface area (Å²) in [6.07, 6.45) is 0.771. The average molecular weight is 280 g/mol. The van der Waals surface area contributed by atoms with Gasteiger partial charge in [-0.25, -0.2) is 0 Å². The van der Waals surface area contributed by atoms with E-state index in [1.807, 2.05) is 25.2 Å². The van der Waals surface area contributed by atoms with Gasteiger partial charge in [0.1, 0.15) is 6.04 Å². The van der Waals surface area contributed by atoms with Gasteiger partial charge in [-0.15, -0.1) is 0 Å². The number of nitrogens with zero attached hydrogens (tertiary/aromatic N) is 1. The van der Waals surface area contributed by atoms with Crippen molar-refractivity contribution < 1.29 is 4.79 Å². The zero-order valence-electron chi connectivity index (χ0n) is 12.5. The molecular weight excluding hydrogens is 260 g/mol. The number of likely N-dealkylation sites (N-methyl/N-ethyl adjacent to an activating group) is 1. The standard InChI is InChI=1S/C18H20N2O/c1-13-7-9-14(10-8-13)12-20(2)18(21)17-11-15-5-3-4-6-16(15)19-17/h3-10,17,19H,11-12H2,1-2H3. The van der Waals surface area contributed by atoms with Gasteiger partial charge in [-0.3, -0.25) is 4.79 Å². The van der Waals surface area contributed by atoms with Crippen LogP contribution in [0.1, 0.15) is 16.7 Å². The Balaban J connectivity index is 1.65. The summed E-state index contributed by atoms with van der Waals surface area (Å²) in [7, 11) is 1.87. The highest BCUT2D eigenvalue weighted by molar-refractivity contribution is 5.87. The molecule has 0 bridgehead atoms. The minimum atomic E-state index is -0.141. The number of fused-ring (bicyclic) bond motifs is 1. The Morgan fingerprint density at radius 2 is 1.90 bits per heavy atom. The fourth-order valence-electron chi connectivity index (χ4n) is 2.76. The molecule has 1 aliphatic heterocycles. The average Bonchev–Trinajstić information content (AvgIpc) is 2.92. The SMILES string of the molecule is Cc1ccc(CN(C)C(=O)C2Cc3ccccc3N2)cc1. The third kappa shape index (κ3) is 2.92. The molecule has 0 fully saturated rings. The monoisotopic (exact) mass is 280 g/mol. The molecule has 1 aliphatic rings. The van der Waals surface area contributed by atoms with Crippen molar-refractivity contribution in [2.45, 2.75) is 25.9 Å². The van der Waals surface area contributed by atoms with Gasteiger partial charge in [0.05, 0.1) is 0 Å². The van der Waals surface area contributed by atoms with Crippen molar-refractivity contribution >= 4 is 11.6 Å². The Morgan fingerprint density at radius 1 is 1.19 bits per heavy atom. The van der Waals surface area contributed by atoms with E-state index in [-0.39, 0.29) is 11.9 Å². The van der Waals surface area contributed by atoms with Gasteiger partial charge in [-0.1, -0.05) is 48.0 Å². The largest absolute Gasteiger partial charge is 0.373 e. The minimum absolute atomic E-state index is 0.141. The maximum absolute atomic E-state index is 12.5. The minimum Gasteiger partial charge on any atom is -0.373 e. The van der Waals surface area contributed by atoms with E-state index >= 15 is 0 Å². The quantitative estimate of drug-likeness (QED) is 0.937. The highest BCUT2D eigenvalue weighted by Crippen LogP contribution is 2.26. The van der Waals surface area contributed by atoms with Crippen molar-refractivity contribution in [3.63, 3.8) is 0 Å². The van der Waals surface area contributed by atoms with E-state index in [1.165, 1.54) is 11.1 Å². The second kappa shape index (κ2) is 5.60. The van der Waals surface area contributed by atoms with Gasteiger partial charge in [0.25, 0.3) is 0 Å². The van der Waals surface area contributed by atoms with E-state index in [1.54, 1.807) is 4.90 Å². The van der Waals surface area contributed by atoms with Gasteiger partial charge in [-0.05, 0) is 24.1 Å². The summed E-state index contributed by atoms with van der Waals surface area (Å²) in [5, 5.41) is 3.32. The van der Waals surface area contributed by atoms with Crippen molar-refractivity contribution in [1.82, 2.24) is 4.90 Å². The predicted molar refractivity (Wildman–Crippen MR) is 85.2 cm³/mol. The van der Waals surface area contributed by atoms with Crippen LogP contribution in [0, 0.1) is 6.92 Å². The number of rotatable bonds is 3. The number of carbonyl (C=O) groups excluding carboxylic acids is 1. The molecule has 108 valence electrons. The van der Waals surface area contributed by atoms with Crippen LogP contribution in [-0.4, -0.2) is 23.9 Å². The van der Waals surface area contributed by atoms with Crippen LogP contribution < -0.4 is 5.32 Å². The molecule has 1 amide bonds. The summed E-state index contributed by atoms with van der Waals surface area (Å²) >= 11 is 0. The van der Waals surface area contributed by atoms with E-state index in [4.69, 9.17) is 0 Å². The van der Waals surface area contributed by atoms with E-state index in [0.717, 1.165) is 17.7 Å². The van der Waals surface area contributed by atoms with E-state index in [0.29, 0.717) is 6.54 Å². The first kappa shape index (κ1) is 13.7. The van der Waals surface area contributed by atoms with Crippen molar-refractivity contribution in [1.29, 1.82) is 0 Å². The van der Waals surface area contributed by atoms with Crippen molar-refractivity contribution in [2.75, 3.05) is 12.4 Å². The number of nitrogens with one attached hydrogen (secondary N) is 1. The maximum atomic E-state index is 12.5. The third-order valence-electron chi connectivity index (χ3n) is 3.99. The summed E-state index contributed by atoms with van der Waals surface area (Å²) in [6.45, 7) is 2.71. The van der Waals surface area contributed by atoms with Crippen LogP contribution in [0.15, 0.2) is 48.5 Å². The highest BCUT2D eigenvalue weighted by Gasteiger charge is 2.28. The predicted octanol–water partition coefficient (Wildman–Crippen LogP) is 2.99. The fraction of sp³-hybridized carbons (Fsp3) is 0.278. The van der Waals surface area contributed by atoms with Crippen molar-refractivity contribution in [3.8, 4) is 0 Å². The van der Waals surface area contributed by atoms with Crippen LogP contribution >= 0.6 is 0 Å². The second-order valence-corrected chi connectivity index (χ2v) is 5.74. The number of benzene rings is 2. The number of para-hydroxylation sites is 1. The molecule has 0 radical (unpaired) electrons. The number of amides is 1. The van der Waals surface area contributed by atoms with E-state index in [9.17, 15) is 4.79 Å². The summed E-state index contributed by atoms with van der Waals surface area (Å²) in [5.41, 5.74) is 4.70. The normalized spacial score (nSPS) is 16.2. The first-order valence-corrected chi connectivity index (χ1v) is 7.28. The maximum Gasteiger partial charge on any atom is 0.245 e. The van der Waals surface area contributed by atoms with Crippen LogP contribution in [0.3, 0.4) is 0 Å². The van der Waals surface area contributed by atoms with Crippen LogP contribution in [0.4, 0.5) is 5.69 Å². The lowest BCUT2D eigenvalue weighted by atomic mass is 10.1. The van der Waals surface area contributed by atoms with Gasteiger partial charge in [0.2, 0.25) is 5.91 Å². The van der Waals surface area contributed by atoms with Gasteiger partial charge in [0.15, 0.2) is 0 Å². The lowest BCUT2D eigenvalue weighted by Gasteiger charge is -2.21. The van der Waals surface area contributed by atoms with Crippen LogP contribution in [0.5, 0.6) is 0 Å². The fourth-order valence-corrected chi connectivity index (χ4v) is 2.76. The molecular formula is C18H20N2O. The first-order chi connectivity index (χ1) is 10.1. The van der Waals surface area contributed by atoms with Crippen LogP contribution in [-0.2, 0) is 17.8 Å². The Kier molecular flexibility index (Phi) is 3.65. The highest BCUT2D eigenvalue weighted by atomic mass is 16.2. The third-order valence-corrected chi connectivity index (χ3v) is 3.99. The molecule has 0 aliphatic carbocycles. The lowest BCUT2D eigenvalue weighted by molar-refractivity contribution is -0.131. The number of hydrogen-bond donors (Lipinski definition) is 1. The molecule has 21 heavy (non-hydrogen) atoms. The molecule has 0 saturated heterocycles. The molecule has 3 nitrogen and oxygen atoms in total. The Morgan fingerprint density at radius 3 is 2.62 bits per heavy atom. The Bertz CT molecular complexity index is 624. The Hall–Kier alpha value is -2.29. The smallest absolute Gasteiger partial charge is 0.245 e. The molecule has 3 heteroatoms. The number of hydrogen-bond acceptors (Lipinski definition) is 2. The van der Waals surface area contributed by atoms with Gasteiger partial charge in [-0.2, -0.15) is 0 Å². The lowest BCUT2D eigenvalue weighted by Crippen LogP contribution is -2.39. The molecule has 0 saturated carbocycles. The molecule has 1 atom stereocenters. The zero-order chi connectivity index (χ0) is 14.8. The van der Waals surface area contributed by atoms with E-state index < -0.39 is 0 Å². The summed E-state index contributed by atoms with van der Waals surface area (Å²) in [5.74, 6) is 0.145. The molecule has 3 rings (SSSR count). The molecule has 0 aromatic heterocycles. The van der Waals surface area contributed by atoms with E-state index in [2.05, 4.69) is 42.6 Å². The summed E-state index contributed by atoms with van der Waals surface area (Å²) < 4.78 is 0. The summed E-state index contributed by atoms with van der Waals surface area (Å²) in [6, 6.07) is 16.3. The molecule has 1 N–H and O–H groups in total. The number of aryl methyl sites for hydroxylation is 1. The van der Waals surface area contributed by atoms with Gasteiger partial charge in [0, 0.05) is 25.7 Å². The van der Waals surface area contributed by atoms with Crippen LogP contribution in [0.2, 0.25) is 0 Å². The molecule has 2 aromatic carbocycles. The summed E-state index contributed by atoms with van der Waals surface area (Å²) in [4.78, 5) is 14.3.